The fourth-order valence-electron chi connectivity index (χ4n) is 4.83. The normalized spacial score (nSPS) is 32.3. The van der Waals surface area contributed by atoms with E-state index in [0.29, 0.717) is 22.9 Å². The van der Waals surface area contributed by atoms with Crippen molar-refractivity contribution in [2.24, 2.45) is 11.7 Å². The van der Waals surface area contributed by atoms with Crippen LogP contribution in [-0.4, -0.2) is 65.6 Å². The van der Waals surface area contributed by atoms with Crippen molar-refractivity contribution < 1.29 is 23.9 Å². The molecule has 5 rings (SSSR count). The average Bonchev–Trinajstić information content (AvgIpc) is 3.05. The number of hydrogen-bond donors (Lipinski definition) is 3. The van der Waals surface area contributed by atoms with E-state index in [2.05, 4.69) is 15.6 Å². The number of amides is 1. The van der Waals surface area contributed by atoms with Gasteiger partial charge in [-0.05, 0) is 6.92 Å². The molecule has 0 bridgehead atoms. The predicted molar refractivity (Wildman–Crippen MR) is 102 cm³/mol. The number of ether oxygens (including phenoxy) is 2. The lowest BCUT2D eigenvalue weighted by Gasteiger charge is -2.39. The Hall–Kier alpha value is -2.76. The van der Waals surface area contributed by atoms with Gasteiger partial charge in [-0.2, -0.15) is 0 Å². The fourth-order valence-corrected chi connectivity index (χ4v) is 5.37. The summed E-state index contributed by atoms with van der Waals surface area (Å²) in [6.45, 7) is 1.99. The molecule has 4 atom stereocenters. The molecule has 0 aromatic carbocycles. The maximum Gasteiger partial charge on any atom is 0.404 e. The molecule has 3 aliphatic heterocycles. The summed E-state index contributed by atoms with van der Waals surface area (Å²) in [5.74, 6) is -1.23. The second-order valence-electron chi connectivity index (χ2n) is 7.38. The molecule has 1 aliphatic carbocycles. The molecule has 11 heteroatoms. The molecular formula is C18H19N5O5S. The van der Waals surface area contributed by atoms with Gasteiger partial charge >= 0.3 is 6.09 Å². The minimum Gasteiger partial charge on any atom is -0.449 e. The highest BCUT2D eigenvalue weighted by atomic mass is 32.1. The molecule has 0 saturated carbocycles. The van der Waals surface area contributed by atoms with Gasteiger partial charge in [-0.25, -0.2) is 9.78 Å². The van der Waals surface area contributed by atoms with Gasteiger partial charge in [0, 0.05) is 42.4 Å². The third kappa shape index (κ3) is 2.35. The van der Waals surface area contributed by atoms with Crippen molar-refractivity contribution >= 4 is 34.1 Å². The zero-order valence-electron chi connectivity index (χ0n) is 15.7. The van der Waals surface area contributed by atoms with Crippen molar-refractivity contribution in [2.45, 2.75) is 24.7 Å². The number of primary amides is 1. The van der Waals surface area contributed by atoms with Gasteiger partial charge in [-0.15, -0.1) is 11.3 Å². The molecular weight excluding hydrogens is 398 g/mol. The van der Waals surface area contributed by atoms with Crippen LogP contribution >= 0.6 is 11.3 Å². The van der Waals surface area contributed by atoms with Crippen LogP contribution in [0.25, 0.3) is 0 Å². The van der Waals surface area contributed by atoms with Crippen molar-refractivity contribution in [3.63, 3.8) is 0 Å². The van der Waals surface area contributed by atoms with Gasteiger partial charge in [0.05, 0.1) is 23.4 Å². The molecule has 152 valence electrons. The second-order valence-corrected chi connectivity index (χ2v) is 8.28. The third-order valence-corrected chi connectivity index (χ3v) is 6.78. The molecule has 4 aliphatic rings. The zero-order chi connectivity index (χ0) is 20.5. The van der Waals surface area contributed by atoms with E-state index in [0.717, 1.165) is 0 Å². The number of Topliss-reactive ketones (excluding diaryl/α,β-unsaturated/α-hetero) is 2. The van der Waals surface area contributed by atoms with Gasteiger partial charge in [0.2, 0.25) is 11.6 Å². The summed E-state index contributed by atoms with van der Waals surface area (Å²) in [6.07, 6.45) is 0.661. The Labute approximate surface area is 169 Å². The van der Waals surface area contributed by atoms with Crippen LogP contribution in [0.2, 0.25) is 0 Å². The quantitative estimate of drug-likeness (QED) is 0.443. The highest BCUT2D eigenvalue weighted by Gasteiger charge is 2.72. The highest BCUT2D eigenvalue weighted by molar-refractivity contribution is 7.13. The molecule has 4 unspecified atom stereocenters. The summed E-state index contributed by atoms with van der Waals surface area (Å²) in [5.41, 5.74) is 5.31. The number of ketones is 2. The number of rotatable bonds is 5. The molecule has 1 aromatic rings. The van der Waals surface area contributed by atoms with Crippen molar-refractivity contribution in [3.8, 4) is 0 Å². The summed E-state index contributed by atoms with van der Waals surface area (Å²) in [4.78, 5) is 44.1. The molecule has 1 amide bonds. The van der Waals surface area contributed by atoms with Gasteiger partial charge < -0.3 is 30.7 Å². The van der Waals surface area contributed by atoms with Crippen molar-refractivity contribution in [1.82, 2.24) is 15.2 Å². The van der Waals surface area contributed by atoms with Crippen LogP contribution in [0.3, 0.4) is 0 Å². The number of piperazine rings is 1. The Morgan fingerprint density at radius 3 is 2.93 bits per heavy atom. The Morgan fingerprint density at radius 1 is 1.48 bits per heavy atom. The summed E-state index contributed by atoms with van der Waals surface area (Å²) >= 11 is 1.32. The molecule has 1 aromatic heterocycles. The van der Waals surface area contributed by atoms with Crippen molar-refractivity contribution in [3.05, 3.63) is 34.1 Å². The van der Waals surface area contributed by atoms with E-state index in [4.69, 9.17) is 15.2 Å². The van der Waals surface area contributed by atoms with Crippen LogP contribution in [0.5, 0.6) is 0 Å². The summed E-state index contributed by atoms with van der Waals surface area (Å²) in [6, 6.07) is 0.0814. The van der Waals surface area contributed by atoms with Crippen LogP contribution < -0.4 is 16.4 Å². The van der Waals surface area contributed by atoms with Crippen LogP contribution in [-0.2, 0) is 19.1 Å². The van der Waals surface area contributed by atoms with Gasteiger partial charge in [-0.1, -0.05) is 0 Å². The molecule has 4 heterocycles. The largest absolute Gasteiger partial charge is 0.449 e. The first kappa shape index (κ1) is 18.3. The van der Waals surface area contributed by atoms with Crippen LogP contribution in [0, 0.1) is 5.92 Å². The SMILES string of the molecule is COC12C(COC(N)=O)C3=C(C(=O)C(C)=C(Nc4nccs4)C3=O)N1CC1NC12. The van der Waals surface area contributed by atoms with Gasteiger partial charge in [0.25, 0.3) is 0 Å². The predicted octanol–water partition coefficient (Wildman–Crippen LogP) is -0.0413. The van der Waals surface area contributed by atoms with Crippen LogP contribution in [0.4, 0.5) is 9.93 Å². The monoisotopic (exact) mass is 417 g/mol. The number of nitrogens with two attached hydrogens (primary N) is 1. The lowest BCUT2D eigenvalue weighted by atomic mass is 9.82. The minimum atomic E-state index is -0.979. The average molecular weight is 417 g/mol. The lowest BCUT2D eigenvalue weighted by Crippen LogP contribution is -2.55. The van der Waals surface area contributed by atoms with E-state index in [-0.39, 0.29) is 41.5 Å². The topological polar surface area (TPSA) is 146 Å². The summed E-state index contributed by atoms with van der Waals surface area (Å²) in [7, 11) is 1.54. The maximum atomic E-state index is 13.5. The first-order chi connectivity index (χ1) is 13.9. The van der Waals surface area contributed by atoms with Gasteiger partial charge in [-0.3, -0.25) is 9.59 Å². The Balaban J connectivity index is 1.59. The van der Waals surface area contributed by atoms with E-state index >= 15 is 0 Å². The van der Waals surface area contributed by atoms with E-state index in [1.165, 1.54) is 18.4 Å². The number of aromatic nitrogens is 1. The van der Waals surface area contributed by atoms with Crippen molar-refractivity contribution in [2.75, 3.05) is 25.6 Å². The molecule has 0 spiro atoms. The first-order valence-electron chi connectivity index (χ1n) is 9.12. The first-order valence-corrected chi connectivity index (χ1v) is 10.00. The Bertz CT molecular complexity index is 1000. The van der Waals surface area contributed by atoms with Crippen molar-refractivity contribution in [1.29, 1.82) is 0 Å². The highest BCUT2D eigenvalue weighted by Crippen LogP contribution is 2.55. The number of carbonyl (C=O) groups excluding carboxylic acids is 3. The van der Waals surface area contributed by atoms with E-state index in [1.54, 1.807) is 18.5 Å². The van der Waals surface area contributed by atoms with Gasteiger partial charge in [0.1, 0.15) is 6.61 Å². The summed E-state index contributed by atoms with van der Waals surface area (Å²) < 4.78 is 11.0. The number of anilines is 1. The Kier molecular flexibility index (Phi) is 3.86. The number of methoxy groups -OCH3 is 1. The molecule has 0 radical (unpaired) electrons. The lowest BCUT2D eigenvalue weighted by molar-refractivity contribution is -0.137. The molecule has 29 heavy (non-hydrogen) atoms. The van der Waals surface area contributed by atoms with Crippen LogP contribution in [0.1, 0.15) is 6.92 Å². The van der Waals surface area contributed by atoms with E-state index in [9.17, 15) is 14.4 Å². The number of allylic oxidation sites excluding steroid dienone is 2. The smallest absolute Gasteiger partial charge is 0.404 e. The second kappa shape index (κ2) is 6.12. The third-order valence-electron chi connectivity index (χ3n) is 6.09. The molecule has 2 fully saturated rings. The Morgan fingerprint density at radius 2 is 2.28 bits per heavy atom. The summed E-state index contributed by atoms with van der Waals surface area (Å²) in [5, 5.41) is 8.59. The molecule has 2 saturated heterocycles. The molecule has 4 N–H and O–H groups in total. The number of fused-ring (bicyclic) bond motifs is 4. The minimum absolute atomic E-state index is 0.0733. The number of carbonyl (C=O) groups is 3. The number of thiazole rings is 1. The standard InChI is InChI=1S/C18H19N5O5S/c1-7-11(22-17-20-3-4-29-17)14(25)10-8(6-28-16(19)26)18(27-2)15-9(21-15)5-23(18)12(10)13(7)24/h3-4,8-9,15,21H,5-6H2,1-2H3,(H2,19,26)(H,20,22). The number of nitrogens with one attached hydrogen (secondary N) is 2. The van der Waals surface area contributed by atoms with E-state index < -0.39 is 17.7 Å². The number of nitrogens with zero attached hydrogens (tertiary/aromatic N) is 2. The van der Waals surface area contributed by atoms with E-state index in [1.807, 2.05) is 4.90 Å². The van der Waals surface area contributed by atoms with Crippen LogP contribution in [0.15, 0.2) is 34.1 Å². The molecule has 10 nitrogen and oxygen atoms in total. The zero-order valence-corrected chi connectivity index (χ0v) is 16.5. The maximum absolute atomic E-state index is 13.5. The van der Waals surface area contributed by atoms with Gasteiger partial charge in [0.15, 0.2) is 10.9 Å². The fraction of sp³-hybridized carbons (Fsp3) is 0.444. The number of hydrogen-bond acceptors (Lipinski definition) is 10.